The fourth-order valence-electron chi connectivity index (χ4n) is 3.35. The number of piperazine rings is 1. The summed E-state index contributed by atoms with van der Waals surface area (Å²) in [6, 6.07) is 5.92. The van der Waals surface area contributed by atoms with Gasteiger partial charge in [0.15, 0.2) is 0 Å². The molecule has 4 N–H and O–H groups in total. The lowest BCUT2D eigenvalue weighted by molar-refractivity contribution is 0.100. The molecule has 1 atom stereocenters. The van der Waals surface area contributed by atoms with Crippen LogP contribution in [0.15, 0.2) is 18.2 Å². The smallest absolute Gasteiger partial charge is 0.248 e. The SMILES string of the molecule is NC(=O)c1ccc(N)c(N2CCN3CCCCC3C2)c1. The van der Waals surface area contributed by atoms with Crippen molar-refractivity contribution < 1.29 is 4.79 Å². The molecule has 20 heavy (non-hydrogen) atoms. The number of fused-ring (bicyclic) bond motifs is 1. The zero-order valence-corrected chi connectivity index (χ0v) is 11.7. The highest BCUT2D eigenvalue weighted by molar-refractivity contribution is 5.95. The summed E-state index contributed by atoms with van der Waals surface area (Å²) in [6.07, 6.45) is 3.88. The number of rotatable bonds is 2. The third-order valence-corrected chi connectivity index (χ3v) is 4.49. The molecule has 0 radical (unpaired) electrons. The maximum atomic E-state index is 11.3. The van der Waals surface area contributed by atoms with Gasteiger partial charge >= 0.3 is 0 Å². The van der Waals surface area contributed by atoms with Gasteiger partial charge in [-0.15, -0.1) is 0 Å². The molecule has 0 bridgehead atoms. The summed E-state index contributed by atoms with van der Waals surface area (Å²) in [6.45, 7) is 4.25. The molecule has 1 amide bonds. The summed E-state index contributed by atoms with van der Waals surface area (Å²) in [4.78, 5) is 16.2. The predicted molar refractivity (Wildman–Crippen MR) is 80.8 cm³/mol. The Morgan fingerprint density at radius 1 is 1.20 bits per heavy atom. The van der Waals surface area contributed by atoms with E-state index in [1.165, 1.54) is 25.8 Å². The second-order valence-electron chi connectivity index (χ2n) is 5.77. The van der Waals surface area contributed by atoms with Crippen LogP contribution in [0.4, 0.5) is 11.4 Å². The summed E-state index contributed by atoms with van der Waals surface area (Å²) in [5.74, 6) is -0.400. The highest BCUT2D eigenvalue weighted by Crippen LogP contribution is 2.29. The standard InChI is InChI=1S/C15H22N4O/c16-13-5-4-11(15(17)20)9-14(13)19-8-7-18-6-2-1-3-12(18)10-19/h4-5,9,12H,1-3,6-8,10,16H2,(H2,17,20). The molecule has 5 nitrogen and oxygen atoms in total. The van der Waals surface area contributed by atoms with Crippen molar-refractivity contribution >= 4 is 17.3 Å². The molecule has 1 unspecified atom stereocenters. The second-order valence-corrected chi connectivity index (χ2v) is 5.77. The lowest BCUT2D eigenvalue weighted by Gasteiger charge is -2.45. The number of nitrogens with zero attached hydrogens (tertiary/aromatic N) is 2. The van der Waals surface area contributed by atoms with Crippen LogP contribution in [0.3, 0.4) is 0 Å². The van der Waals surface area contributed by atoms with E-state index in [1.54, 1.807) is 12.1 Å². The quantitative estimate of drug-likeness (QED) is 0.790. The minimum atomic E-state index is -0.400. The largest absolute Gasteiger partial charge is 0.397 e. The molecule has 2 saturated heterocycles. The number of carbonyl (C=O) groups is 1. The molecule has 2 aliphatic rings. The van der Waals surface area contributed by atoms with Gasteiger partial charge in [0.2, 0.25) is 5.91 Å². The number of primary amides is 1. The monoisotopic (exact) mass is 274 g/mol. The van der Waals surface area contributed by atoms with E-state index in [0.29, 0.717) is 11.6 Å². The Kier molecular flexibility index (Phi) is 3.53. The van der Waals surface area contributed by atoms with Crippen LogP contribution in [-0.2, 0) is 0 Å². The summed E-state index contributed by atoms with van der Waals surface area (Å²) < 4.78 is 0. The van der Waals surface area contributed by atoms with Gasteiger partial charge in [0, 0.05) is 31.2 Å². The molecule has 0 spiro atoms. The first-order chi connectivity index (χ1) is 9.65. The first kappa shape index (κ1) is 13.2. The predicted octanol–water partition coefficient (Wildman–Crippen LogP) is 1.04. The minimum Gasteiger partial charge on any atom is -0.397 e. The van der Waals surface area contributed by atoms with Crippen molar-refractivity contribution in [3.05, 3.63) is 23.8 Å². The number of amides is 1. The van der Waals surface area contributed by atoms with E-state index < -0.39 is 5.91 Å². The lowest BCUT2D eigenvalue weighted by Crippen LogP contribution is -2.55. The molecule has 5 heteroatoms. The summed E-state index contributed by atoms with van der Waals surface area (Å²) in [5, 5.41) is 0. The Morgan fingerprint density at radius 3 is 2.85 bits per heavy atom. The van der Waals surface area contributed by atoms with E-state index in [9.17, 15) is 4.79 Å². The normalized spacial score (nSPS) is 23.4. The van der Waals surface area contributed by atoms with E-state index >= 15 is 0 Å². The Balaban J connectivity index is 1.82. The number of hydrogen-bond acceptors (Lipinski definition) is 4. The van der Waals surface area contributed by atoms with Crippen LogP contribution in [0.25, 0.3) is 0 Å². The fourth-order valence-corrected chi connectivity index (χ4v) is 3.35. The maximum absolute atomic E-state index is 11.3. The van der Waals surface area contributed by atoms with Crippen LogP contribution in [0.5, 0.6) is 0 Å². The van der Waals surface area contributed by atoms with E-state index in [4.69, 9.17) is 11.5 Å². The van der Waals surface area contributed by atoms with Crippen molar-refractivity contribution in [2.75, 3.05) is 36.8 Å². The van der Waals surface area contributed by atoms with Crippen molar-refractivity contribution in [1.29, 1.82) is 0 Å². The molecule has 2 heterocycles. The zero-order chi connectivity index (χ0) is 14.1. The van der Waals surface area contributed by atoms with E-state index in [1.807, 2.05) is 6.07 Å². The number of carbonyl (C=O) groups excluding carboxylic acids is 1. The molecule has 2 fully saturated rings. The van der Waals surface area contributed by atoms with Crippen LogP contribution in [0.1, 0.15) is 29.6 Å². The number of nitrogen functional groups attached to an aromatic ring is 1. The van der Waals surface area contributed by atoms with Gasteiger partial charge in [-0.05, 0) is 37.6 Å². The lowest BCUT2D eigenvalue weighted by atomic mass is 9.99. The highest BCUT2D eigenvalue weighted by Gasteiger charge is 2.29. The highest BCUT2D eigenvalue weighted by atomic mass is 16.1. The molecule has 108 valence electrons. The molecular weight excluding hydrogens is 252 g/mol. The van der Waals surface area contributed by atoms with Crippen LogP contribution in [-0.4, -0.2) is 43.0 Å². The zero-order valence-electron chi connectivity index (χ0n) is 11.7. The third kappa shape index (κ3) is 2.45. The molecule has 2 aliphatic heterocycles. The number of hydrogen-bond donors (Lipinski definition) is 2. The van der Waals surface area contributed by atoms with Gasteiger partial charge in [-0.3, -0.25) is 9.69 Å². The summed E-state index contributed by atoms with van der Waals surface area (Å²) in [7, 11) is 0. The number of anilines is 2. The Morgan fingerprint density at radius 2 is 2.05 bits per heavy atom. The van der Waals surface area contributed by atoms with Gasteiger partial charge in [0.1, 0.15) is 0 Å². The summed E-state index contributed by atoms with van der Waals surface area (Å²) >= 11 is 0. The molecule has 1 aromatic carbocycles. The van der Waals surface area contributed by atoms with Crippen LogP contribution < -0.4 is 16.4 Å². The van der Waals surface area contributed by atoms with Crippen LogP contribution in [0, 0.1) is 0 Å². The molecule has 0 saturated carbocycles. The average Bonchev–Trinajstić information content (AvgIpc) is 2.47. The van der Waals surface area contributed by atoms with Gasteiger partial charge in [-0.25, -0.2) is 0 Å². The van der Waals surface area contributed by atoms with Gasteiger partial charge < -0.3 is 16.4 Å². The van der Waals surface area contributed by atoms with Gasteiger partial charge in [0.25, 0.3) is 0 Å². The Bertz CT molecular complexity index is 517. The second kappa shape index (κ2) is 5.32. The van der Waals surface area contributed by atoms with Crippen molar-refractivity contribution in [3.8, 4) is 0 Å². The Hall–Kier alpha value is -1.75. The number of benzene rings is 1. The summed E-state index contributed by atoms with van der Waals surface area (Å²) in [5.41, 5.74) is 13.6. The van der Waals surface area contributed by atoms with E-state index in [0.717, 1.165) is 31.0 Å². The Labute approximate surface area is 119 Å². The van der Waals surface area contributed by atoms with Crippen LogP contribution in [0.2, 0.25) is 0 Å². The maximum Gasteiger partial charge on any atom is 0.248 e. The van der Waals surface area contributed by atoms with Crippen LogP contribution >= 0.6 is 0 Å². The van der Waals surface area contributed by atoms with Gasteiger partial charge in [-0.1, -0.05) is 6.42 Å². The van der Waals surface area contributed by atoms with E-state index in [-0.39, 0.29) is 0 Å². The van der Waals surface area contributed by atoms with Crippen molar-refractivity contribution in [3.63, 3.8) is 0 Å². The first-order valence-corrected chi connectivity index (χ1v) is 7.33. The van der Waals surface area contributed by atoms with E-state index in [2.05, 4.69) is 9.80 Å². The van der Waals surface area contributed by atoms with Gasteiger partial charge in [0.05, 0.1) is 11.4 Å². The fraction of sp³-hybridized carbons (Fsp3) is 0.533. The third-order valence-electron chi connectivity index (χ3n) is 4.49. The van der Waals surface area contributed by atoms with Gasteiger partial charge in [-0.2, -0.15) is 0 Å². The molecule has 1 aromatic rings. The minimum absolute atomic E-state index is 0.400. The molecule has 3 rings (SSSR count). The average molecular weight is 274 g/mol. The number of nitrogens with two attached hydrogens (primary N) is 2. The number of piperidine rings is 1. The molecular formula is C15H22N4O. The van der Waals surface area contributed by atoms with Crippen molar-refractivity contribution in [1.82, 2.24) is 4.90 Å². The van der Waals surface area contributed by atoms with Crippen molar-refractivity contribution in [2.45, 2.75) is 25.3 Å². The topological polar surface area (TPSA) is 75.6 Å². The van der Waals surface area contributed by atoms with Crippen molar-refractivity contribution in [2.24, 2.45) is 5.73 Å². The molecule has 0 aliphatic carbocycles. The molecule has 0 aromatic heterocycles. The first-order valence-electron chi connectivity index (χ1n) is 7.33.